The fourth-order valence-corrected chi connectivity index (χ4v) is 4.26. The number of carbonyl (C=O) groups is 1. The number of carboxylic acids is 1. The first kappa shape index (κ1) is 14.4. The predicted molar refractivity (Wildman–Crippen MR) is 79.1 cm³/mol. The van der Waals surface area contributed by atoms with Crippen LogP contribution in [0.15, 0.2) is 18.2 Å². The molecular weight excluding hydrogens is 264 g/mol. The minimum Gasteiger partial charge on any atom is -0.550 e. The van der Waals surface area contributed by atoms with Crippen LogP contribution < -0.4 is 9.84 Å². The Hall–Kier alpha value is -1.51. The number of benzene rings is 1. The van der Waals surface area contributed by atoms with E-state index in [4.69, 9.17) is 4.74 Å². The zero-order valence-electron chi connectivity index (χ0n) is 13.1. The molecule has 2 atom stereocenters. The number of carboxylic acid groups (broad SMARTS) is 1. The first-order chi connectivity index (χ1) is 9.88. The van der Waals surface area contributed by atoms with Gasteiger partial charge in [0.2, 0.25) is 0 Å². The second-order valence-corrected chi connectivity index (χ2v) is 7.43. The van der Waals surface area contributed by atoms with Gasteiger partial charge in [-0.3, -0.25) is 0 Å². The minimum atomic E-state index is -0.857. The largest absolute Gasteiger partial charge is 0.550 e. The summed E-state index contributed by atoms with van der Waals surface area (Å²) in [6.45, 7) is 4.48. The molecule has 0 N–H and O–H groups in total. The van der Waals surface area contributed by atoms with Crippen molar-refractivity contribution in [3.8, 4) is 5.75 Å². The van der Waals surface area contributed by atoms with E-state index in [2.05, 4.69) is 26.0 Å². The van der Waals surface area contributed by atoms with Crippen LogP contribution in [-0.4, -0.2) is 13.1 Å². The smallest absolute Gasteiger partial charge is 0.119 e. The van der Waals surface area contributed by atoms with Crippen molar-refractivity contribution < 1.29 is 14.6 Å². The van der Waals surface area contributed by atoms with Gasteiger partial charge in [-0.2, -0.15) is 0 Å². The van der Waals surface area contributed by atoms with Crippen LogP contribution in [0.3, 0.4) is 0 Å². The summed E-state index contributed by atoms with van der Waals surface area (Å²) in [6, 6.07) is 6.08. The molecule has 0 saturated heterocycles. The van der Waals surface area contributed by atoms with Crippen LogP contribution in [0.5, 0.6) is 5.75 Å². The second kappa shape index (κ2) is 4.75. The Morgan fingerprint density at radius 3 is 2.71 bits per heavy atom. The molecule has 1 aromatic carbocycles. The fraction of sp³-hybridized carbons (Fsp3) is 0.611. The van der Waals surface area contributed by atoms with Crippen molar-refractivity contribution in [3.05, 3.63) is 29.3 Å². The van der Waals surface area contributed by atoms with Gasteiger partial charge in [-0.25, -0.2) is 0 Å². The van der Waals surface area contributed by atoms with Crippen molar-refractivity contribution in [2.45, 2.75) is 51.9 Å². The Bertz CT molecular complexity index is 576. The van der Waals surface area contributed by atoms with E-state index < -0.39 is 11.4 Å². The fourth-order valence-electron chi connectivity index (χ4n) is 4.26. The summed E-state index contributed by atoms with van der Waals surface area (Å²) < 4.78 is 5.30. The van der Waals surface area contributed by atoms with Crippen LogP contribution in [0.4, 0.5) is 0 Å². The van der Waals surface area contributed by atoms with Gasteiger partial charge in [0.15, 0.2) is 0 Å². The van der Waals surface area contributed by atoms with Gasteiger partial charge in [-0.1, -0.05) is 19.9 Å². The van der Waals surface area contributed by atoms with E-state index in [1.807, 2.05) is 6.07 Å². The molecule has 3 rings (SSSR count). The van der Waals surface area contributed by atoms with Crippen molar-refractivity contribution >= 4 is 5.97 Å². The van der Waals surface area contributed by atoms with Gasteiger partial charge >= 0.3 is 0 Å². The van der Waals surface area contributed by atoms with E-state index in [-0.39, 0.29) is 11.3 Å². The monoisotopic (exact) mass is 287 g/mol. The molecule has 3 heteroatoms. The van der Waals surface area contributed by atoms with Crippen molar-refractivity contribution in [1.82, 2.24) is 0 Å². The Kier molecular flexibility index (Phi) is 3.27. The zero-order chi connectivity index (χ0) is 15.3. The Morgan fingerprint density at radius 1 is 1.29 bits per heavy atom. The molecule has 0 unspecified atom stereocenters. The van der Waals surface area contributed by atoms with Crippen molar-refractivity contribution in [2.24, 2.45) is 10.8 Å². The van der Waals surface area contributed by atoms with Gasteiger partial charge in [0.05, 0.1) is 7.11 Å². The van der Waals surface area contributed by atoms with Crippen molar-refractivity contribution in [2.75, 3.05) is 7.11 Å². The molecule has 0 heterocycles. The van der Waals surface area contributed by atoms with Crippen LogP contribution in [0.25, 0.3) is 0 Å². The van der Waals surface area contributed by atoms with Gasteiger partial charge in [0.1, 0.15) is 5.75 Å². The lowest BCUT2D eigenvalue weighted by Crippen LogP contribution is -2.52. The molecule has 0 aliphatic heterocycles. The zero-order valence-corrected chi connectivity index (χ0v) is 13.1. The maximum Gasteiger partial charge on any atom is 0.119 e. The predicted octanol–water partition coefficient (Wildman–Crippen LogP) is 2.67. The maximum atomic E-state index is 11.9. The van der Waals surface area contributed by atoms with E-state index in [0.717, 1.165) is 31.4 Å². The number of rotatable bonds is 2. The average molecular weight is 287 g/mol. The molecule has 0 spiro atoms. The lowest BCUT2D eigenvalue weighted by Gasteiger charge is -2.53. The normalized spacial score (nSPS) is 30.1. The van der Waals surface area contributed by atoms with E-state index in [1.165, 1.54) is 11.1 Å². The highest BCUT2D eigenvalue weighted by Gasteiger charge is 2.49. The number of hydrogen-bond acceptors (Lipinski definition) is 3. The van der Waals surface area contributed by atoms with Crippen LogP contribution in [-0.2, 0) is 11.2 Å². The average Bonchev–Trinajstić information content (AvgIpc) is 2.45. The number of aliphatic carboxylic acids is 1. The van der Waals surface area contributed by atoms with Gasteiger partial charge in [-0.05, 0) is 66.7 Å². The molecule has 1 aromatic rings. The summed E-state index contributed by atoms with van der Waals surface area (Å²) in [5.74, 6) is 0.0649. The third-order valence-corrected chi connectivity index (χ3v) is 5.64. The summed E-state index contributed by atoms with van der Waals surface area (Å²) in [5.41, 5.74) is 1.96. The first-order valence-corrected chi connectivity index (χ1v) is 7.76. The van der Waals surface area contributed by atoms with Crippen LogP contribution in [0.2, 0.25) is 0 Å². The molecule has 1 saturated carbocycles. The van der Waals surface area contributed by atoms with Crippen molar-refractivity contribution in [3.63, 3.8) is 0 Å². The van der Waals surface area contributed by atoms with Gasteiger partial charge in [0, 0.05) is 11.4 Å². The molecule has 21 heavy (non-hydrogen) atoms. The molecule has 3 nitrogen and oxygen atoms in total. The summed E-state index contributed by atoms with van der Waals surface area (Å²) in [7, 11) is 1.67. The van der Waals surface area contributed by atoms with Crippen LogP contribution in [0.1, 0.15) is 56.6 Å². The molecule has 0 amide bonds. The lowest BCUT2D eigenvalue weighted by molar-refractivity contribution is -0.323. The third-order valence-electron chi connectivity index (χ3n) is 5.64. The van der Waals surface area contributed by atoms with E-state index >= 15 is 0 Å². The summed E-state index contributed by atoms with van der Waals surface area (Å²) in [4.78, 5) is 11.9. The molecule has 0 radical (unpaired) electrons. The molecule has 114 valence electrons. The molecule has 2 aliphatic rings. The Morgan fingerprint density at radius 2 is 2.05 bits per heavy atom. The minimum absolute atomic E-state index is 0.0703. The second-order valence-electron chi connectivity index (χ2n) is 7.43. The summed E-state index contributed by atoms with van der Waals surface area (Å²) in [6.07, 6.45) is 4.11. The number of fused-ring (bicyclic) bond motifs is 3. The summed E-state index contributed by atoms with van der Waals surface area (Å²) >= 11 is 0. The highest BCUT2D eigenvalue weighted by atomic mass is 16.5. The number of methoxy groups -OCH3 is 1. The highest BCUT2D eigenvalue weighted by molar-refractivity contribution is 5.75. The molecule has 1 fully saturated rings. The van der Waals surface area contributed by atoms with E-state index in [0.29, 0.717) is 6.42 Å². The number of aryl methyl sites for hydroxylation is 1. The third kappa shape index (κ3) is 2.23. The number of ether oxygens (including phenoxy) is 1. The van der Waals surface area contributed by atoms with Gasteiger partial charge < -0.3 is 14.6 Å². The molecular formula is C18H23O3-. The first-order valence-electron chi connectivity index (χ1n) is 7.76. The van der Waals surface area contributed by atoms with Crippen LogP contribution in [0, 0.1) is 10.8 Å². The van der Waals surface area contributed by atoms with Gasteiger partial charge in [-0.15, -0.1) is 0 Å². The van der Waals surface area contributed by atoms with Gasteiger partial charge in [0.25, 0.3) is 0 Å². The Labute approximate surface area is 126 Å². The van der Waals surface area contributed by atoms with Crippen LogP contribution >= 0.6 is 0 Å². The SMILES string of the molecule is COc1ccc2c(c1)CC[C@]1(C(=O)[O-])CCC(C)(C)C[C@@H]21. The molecule has 0 aromatic heterocycles. The molecule has 0 bridgehead atoms. The van der Waals surface area contributed by atoms with E-state index in [1.54, 1.807) is 7.11 Å². The highest BCUT2D eigenvalue weighted by Crippen LogP contribution is 2.58. The van der Waals surface area contributed by atoms with E-state index in [9.17, 15) is 9.90 Å². The number of carbonyl (C=O) groups excluding carboxylic acids is 1. The summed E-state index contributed by atoms with van der Waals surface area (Å²) in [5, 5.41) is 11.9. The quantitative estimate of drug-likeness (QED) is 0.840. The van der Waals surface area contributed by atoms with Crippen molar-refractivity contribution in [1.29, 1.82) is 0 Å². The maximum absolute atomic E-state index is 11.9. The lowest BCUT2D eigenvalue weighted by atomic mass is 9.53. The number of hydrogen-bond donors (Lipinski definition) is 0. The Balaban J connectivity index is 2.08. The molecule has 2 aliphatic carbocycles. The topological polar surface area (TPSA) is 49.4 Å². The standard InChI is InChI=1S/C18H24O3/c1-17(2)8-9-18(16(19)20)7-6-12-10-13(21-3)4-5-14(12)15(18)11-17/h4-5,10,15H,6-9,11H2,1-3H3,(H,19,20)/p-1/t15-,18-/m0/s1.